The Morgan fingerprint density at radius 2 is 2.04 bits per heavy atom. The van der Waals surface area contributed by atoms with Crippen LogP contribution in [0.15, 0.2) is 23.0 Å². The van der Waals surface area contributed by atoms with Crippen molar-refractivity contribution in [1.29, 1.82) is 0 Å². The van der Waals surface area contributed by atoms with Gasteiger partial charge in [0.15, 0.2) is 11.5 Å². The van der Waals surface area contributed by atoms with E-state index >= 15 is 0 Å². The number of aromatic nitrogens is 2. The summed E-state index contributed by atoms with van der Waals surface area (Å²) in [5, 5.41) is 5.44. The molecule has 0 radical (unpaired) electrons. The van der Waals surface area contributed by atoms with Crippen molar-refractivity contribution in [1.82, 2.24) is 9.78 Å². The van der Waals surface area contributed by atoms with E-state index in [4.69, 9.17) is 9.47 Å². The highest BCUT2D eigenvalue weighted by Crippen LogP contribution is 2.43. The molecule has 0 saturated carbocycles. The number of fused-ring (bicyclic) bond motifs is 2. The van der Waals surface area contributed by atoms with Crippen LogP contribution in [0, 0.1) is 0 Å². The van der Waals surface area contributed by atoms with Crippen LogP contribution in [-0.2, 0) is 4.79 Å². The van der Waals surface area contributed by atoms with Crippen LogP contribution in [0.5, 0.6) is 11.5 Å². The number of rotatable bonds is 2. The van der Waals surface area contributed by atoms with E-state index in [2.05, 4.69) is 10.4 Å². The third kappa shape index (κ3) is 2.37. The Kier molecular flexibility index (Phi) is 3.56. The summed E-state index contributed by atoms with van der Waals surface area (Å²) in [5.41, 5.74) is 1.29. The number of hydrogen-bond donors (Lipinski definition) is 2. The molecule has 8 heteroatoms. The summed E-state index contributed by atoms with van der Waals surface area (Å²) >= 11 is 1.43. The maximum Gasteiger partial charge on any atom is 0.270 e. The topological polar surface area (TPSA) is 85.4 Å². The summed E-state index contributed by atoms with van der Waals surface area (Å²) in [6, 6.07) is 5.66. The van der Waals surface area contributed by atoms with E-state index in [9.17, 15) is 9.59 Å². The molecule has 24 heavy (non-hydrogen) atoms. The molecule has 0 fully saturated rings. The quantitative estimate of drug-likeness (QED) is 0.870. The van der Waals surface area contributed by atoms with Crippen molar-refractivity contribution < 1.29 is 14.3 Å². The van der Waals surface area contributed by atoms with Gasteiger partial charge in [0, 0.05) is 6.04 Å². The number of nitrogens with one attached hydrogen (secondary N) is 2. The molecule has 1 aromatic heterocycles. The lowest BCUT2D eigenvalue weighted by Gasteiger charge is -2.15. The van der Waals surface area contributed by atoms with E-state index < -0.39 is 0 Å². The van der Waals surface area contributed by atoms with Crippen molar-refractivity contribution in [2.24, 2.45) is 0 Å². The molecule has 2 N–H and O–H groups in total. The average molecular weight is 347 g/mol. The second-order valence-electron chi connectivity index (χ2n) is 6.02. The number of hydrogen-bond acceptors (Lipinski definition) is 5. The molecule has 0 spiro atoms. The molecule has 126 valence electrons. The molecule has 0 bridgehead atoms. The van der Waals surface area contributed by atoms with Crippen LogP contribution in [-0.4, -0.2) is 28.2 Å². The predicted octanol–water partition coefficient (Wildman–Crippen LogP) is 2.26. The molecule has 4 rings (SSSR count). The number of anilines is 1. The van der Waals surface area contributed by atoms with Crippen molar-refractivity contribution in [3.05, 3.63) is 39.7 Å². The van der Waals surface area contributed by atoms with Gasteiger partial charge in [0.25, 0.3) is 5.56 Å². The number of aromatic amines is 1. The molecule has 1 atom stereocenters. The molecule has 1 aromatic carbocycles. The second kappa shape index (κ2) is 5.62. The number of amides is 1. The molecule has 1 amide bonds. The van der Waals surface area contributed by atoms with Gasteiger partial charge in [-0.1, -0.05) is 6.07 Å². The third-order valence-corrected chi connectivity index (χ3v) is 5.35. The zero-order valence-electron chi connectivity index (χ0n) is 13.3. The Morgan fingerprint density at radius 1 is 1.25 bits per heavy atom. The zero-order valence-corrected chi connectivity index (χ0v) is 14.1. The van der Waals surface area contributed by atoms with Crippen LogP contribution in [0.4, 0.5) is 5.82 Å². The van der Waals surface area contributed by atoms with Gasteiger partial charge in [0.1, 0.15) is 5.82 Å². The Morgan fingerprint density at radius 3 is 2.83 bits per heavy atom. The van der Waals surface area contributed by atoms with Crippen molar-refractivity contribution in [3.8, 4) is 11.5 Å². The number of carbonyl (C=O) groups excluding carboxylic acids is 1. The number of H-pyrrole nitrogens is 1. The normalized spacial score (nSPS) is 19.1. The van der Waals surface area contributed by atoms with Gasteiger partial charge < -0.3 is 14.8 Å². The van der Waals surface area contributed by atoms with Crippen LogP contribution in [0.25, 0.3) is 0 Å². The SMILES string of the molecule is CC(C)n1[nH]c(=O)c2c1NC(=O)CS[C@H]2c1ccc2c(c1)OCO2. The van der Waals surface area contributed by atoms with Gasteiger partial charge in [0.2, 0.25) is 12.7 Å². The highest BCUT2D eigenvalue weighted by Gasteiger charge is 2.31. The zero-order chi connectivity index (χ0) is 16.8. The van der Waals surface area contributed by atoms with Crippen molar-refractivity contribution >= 4 is 23.5 Å². The minimum atomic E-state index is -0.253. The van der Waals surface area contributed by atoms with Gasteiger partial charge in [-0.15, -0.1) is 11.8 Å². The van der Waals surface area contributed by atoms with Gasteiger partial charge in [0.05, 0.1) is 16.6 Å². The highest BCUT2D eigenvalue weighted by molar-refractivity contribution is 8.00. The Labute approximate surface area is 142 Å². The number of benzene rings is 1. The van der Waals surface area contributed by atoms with Gasteiger partial charge in [-0.05, 0) is 31.5 Å². The Balaban J connectivity index is 1.86. The summed E-state index contributed by atoms with van der Waals surface area (Å²) in [6.07, 6.45) is 0. The van der Waals surface area contributed by atoms with Crippen LogP contribution in [0.1, 0.15) is 36.3 Å². The van der Waals surface area contributed by atoms with Crippen LogP contribution >= 0.6 is 11.8 Å². The molecule has 0 unspecified atom stereocenters. The van der Waals surface area contributed by atoms with Gasteiger partial charge >= 0.3 is 0 Å². The first-order valence-electron chi connectivity index (χ1n) is 7.70. The molecule has 2 aliphatic heterocycles. The fraction of sp³-hybridized carbons (Fsp3) is 0.375. The maximum absolute atomic E-state index is 12.6. The van der Waals surface area contributed by atoms with Gasteiger partial charge in [-0.25, -0.2) is 0 Å². The first kappa shape index (κ1) is 15.2. The summed E-state index contributed by atoms with van der Waals surface area (Å²) < 4.78 is 12.5. The van der Waals surface area contributed by atoms with Gasteiger partial charge in [-0.3, -0.25) is 19.4 Å². The van der Waals surface area contributed by atoms with E-state index in [-0.39, 0.29) is 35.3 Å². The number of nitrogens with zero attached hydrogens (tertiary/aromatic N) is 1. The van der Waals surface area contributed by atoms with Crippen molar-refractivity contribution in [2.75, 3.05) is 17.9 Å². The summed E-state index contributed by atoms with van der Waals surface area (Å²) in [4.78, 5) is 24.7. The fourth-order valence-electron chi connectivity index (χ4n) is 2.97. The minimum Gasteiger partial charge on any atom is -0.454 e. The fourth-order valence-corrected chi connectivity index (χ4v) is 4.09. The monoisotopic (exact) mass is 347 g/mol. The van der Waals surface area contributed by atoms with Crippen LogP contribution < -0.4 is 20.3 Å². The number of carbonyl (C=O) groups is 1. The molecule has 7 nitrogen and oxygen atoms in total. The summed E-state index contributed by atoms with van der Waals surface area (Å²) in [7, 11) is 0. The number of thioether (sulfide) groups is 1. The van der Waals surface area contributed by atoms with Crippen molar-refractivity contribution in [3.63, 3.8) is 0 Å². The standard InChI is InChI=1S/C16H17N3O4S/c1-8(2)19-15-13(16(21)18-19)14(24-6-12(20)17-15)9-3-4-10-11(5-9)23-7-22-10/h3-5,8,14H,6-7H2,1-2H3,(H,17,20)(H,18,21)/t14-/m0/s1. The minimum absolute atomic E-state index is 0.0299. The average Bonchev–Trinajstić information content (AvgIpc) is 3.08. The molecular formula is C16H17N3O4S. The largest absolute Gasteiger partial charge is 0.454 e. The van der Waals surface area contributed by atoms with Crippen LogP contribution in [0.2, 0.25) is 0 Å². The molecular weight excluding hydrogens is 330 g/mol. The lowest BCUT2D eigenvalue weighted by molar-refractivity contribution is -0.113. The lowest BCUT2D eigenvalue weighted by Crippen LogP contribution is -2.17. The maximum atomic E-state index is 12.6. The first-order chi connectivity index (χ1) is 11.5. The predicted molar refractivity (Wildman–Crippen MR) is 90.9 cm³/mol. The molecule has 0 aliphatic carbocycles. The molecule has 2 aliphatic rings. The Bertz CT molecular complexity index is 871. The smallest absolute Gasteiger partial charge is 0.270 e. The molecule has 3 heterocycles. The first-order valence-corrected chi connectivity index (χ1v) is 8.75. The van der Waals surface area contributed by atoms with E-state index in [0.717, 1.165) is 5.56 Å². The lowest BCUT2D eigenvalue weighted by atomic mass is 10.1. The molecule has 0 saturated heterocycles. The summed E-state index contributed by atoms with van der Waals surface area (Å²) in [6.45, 7) is 4.11. The van der Waals surface area contributed by atoms with E-state index in [0.29, 0.717) is 22.9 Å². The third-order valence-electron chi connectivity index (χ3n) is 4.08. The van der Waals surface area contributed by atoms with E-state index in [1.165, 1.54) is 11.8 Å². The Hall–Kier alpha value is -2.35. The highest BCUT2D eigenvalue weighted by atomic mass is 32.2. The van der Waals surface area contributed by atoms with Crippen molar-refractivity contribution in [2.45, 2.75) is 25.1 Å². The van der Waals surface area contributed by atoms with Gasteiger partial charge in [-0.2, -0.15) is 0 Å². The van der Waals surface area contributed by atoms with E-state index in [1.807, 2.05) is 32.0 Å². The summed E-state index contributed by atoms with van der Waals surface area (Å²) in [5.74, 6) is 2.08. The molecule has 2 aromatic rings. The van der Waals surface area contributed by atoms with Crippen LogP contribution in [0.3, 0.4) is 0 Å². The second-order valence-corrected chi connectivity index (χ2v) is 7.11. The number of ether oxygens (including phenoxy) is 2. The van der Waals surface area contributed by atoms with E-state index in [1.54, 1.807) is 4.68 Å².